The second-order valence-corrected chi connectivity index (χ2v) is 8.40. The topological polar surface area (TPSA) is 214 Å². The van der Waals surface area contributed by atoms with Gasteiger partial charge in [-0.15, -0.1) is 0 Å². The Labute approximate surface area is 225 Å². The number of ether oxygens (including phenoxy) is 7. The van der Waals surface area contributed by atoms with Gasteiger partial charge >= 0.3 is 17.9 Å². The van der Waals surface area contributed by atoms with Crippen LogP contribution < -0.4 is 10.6 Å². The average molecular weight is 567 g/mol. The Hall–Kier alpha value is -2.89. The van der Waals surface area contributed by atoms with E-state index >= 15 is 0 Å². The highest BCUT2D eigenvalue weighted by molar-refractivity contribution is 5.77. The highest BCUT2D eigenvalue weighted by Crippen LogP contribution is 2.28. The second-order valence-electron chi connectivity index (χ2n) is 8.40. The van der Waals surface area contributed by atoms with Crippen molar-refractivity contribution in [2.24, 2.45) is 0 Å². The Morgan fingerprint density at radius 2 is 1.54 bits per heavy atom. The van der Waals surface area contributed by atoms with Gasteiger partial charge in [0.25, 0.3) is 0 Å². The van der Waals surface area contributed by atoms with Gasteiger partial charge in [0, 0.05) is 34.2 Å². The van der Waals surface area contributed by atoms with E-state index in [-0.39, 0.29) is 33.0 Å². The maximum Gasteiger partial charge on any atom is 0.303 e. The van der Waals surface area contributed by atoms with Crippen LogP contribution in [0.15, 0.2) is 0 Å². The molecule has 1 fully saturated rings. The maximum atomic E-state index is 12.3. The van der Waals surface area contributed by atoms with Crippen LogP contribution in [0.5, 0.6) is 0 Å². The minimum Gasteiger partial charge on any atom is -0.463 e. The van der Waals surface area contributed by atoms with Crippen LogP contribution in [-0.2, 0) is 57.1 Å². The van der Waals surface area contributed by atoms with E-state index in [1.54, 1.807) is 0 Å². The summed E-state index contributed by atoms with van der Waals surface area (Å²) in [7, 11) is 0. The number of esters is 3. The molecule has 0 bridgehead atoms. The number of hydrogen-bond donors (Lipinski definition) is 4. The first-order valence-electron chi connectivity index (χ1n) is 12.2. The third-order valence-electron chi connectivity index (χ3n) is 4.91. The van der Waals surface area contributed by atoms with Crippen molar-refractivity contribution in [3.8, 4) is 0 Å². The number of rotatable bonds is 17. The molecule has 224 valence electrons. The zero-order valence-electron chi connectivity index (χ0n) is 22.4. The van der Waals surface area contributed by atoms with Crippen molar-refractivity contribution in [1.29, 1.82) is 0 Å². The minimum atomic E-state index is -1.36. The highest BCUT2D eigenvalue weighted by Gasteiger charge is 2.51. The average Bonchev–Trinajstić information content (AvgIpc) is 2.85. The summed E-state index contributed by atoms with van der Waals surface area (Å²) in [5, 5.41) is 22.9. The van der Waals surface area contributed by atoms with Crippen molar-refractivity contribution in [1.82, 2.24) is 10.6 Å². The molecular formula is C23H38N2O14. The van der Waals surface area contributed by atoms with Crippen LogP contribution >= 0.6 is 0 Å². The zero-order valence-corrected chi connectivity index (χ0v) is 22.4. The van der Waals surface area contributed by atoms with Gasteiger partial charge in [-0.25, -0.2) is 0 Å². The first-order valence-corrected chi connectivity index (χ1v) is 12.2. The van der Waals surface area contributed by atoms with Crippen molar-refractivity contribution in [2.45, 2.75) is 64.4 Å². The predicted molar refractivity (Wildman–Crippen MR) is 128 cm³/mol. The smallest absolute Gasteiger partial charge is 0.303 e. The van der Waals surface area contributed by atoms with E-state index in [0.29, 0.717) is 0 Å². The Balaban J connectivity index is 2.77. The number of carbonyl (C=O) groups is 5. The molecule has 0 aliphatic carbocycles. The summed E-state index contributed by atoms with van der Waals surface area (Å²) >= 11 is 0. The standard InChI is InChI=1S/C23H38N2O14/c1-13(27)25-20-22(38-16(4)30)21(37-15(3)29)18(11-35-14(2)28)39-23(20)36-12-19(32)24-5-6-33-7-8-34-10-17(31)9-26/h17-18,20-23,26,31H,5-12H2,1-4H3,(H,24,32)(H,25,27)/t17-,18-,20-,21+,22-,23-/m1/s1. The van der Waals surface area contributed by atoms with Crippen LogP contribution in [0.3, 0.4) is 0 Å². The summed E-state index contributed by atoms with van der Waals surface area (Å²) in [5.74, 6) is -3.27. The molecule has 1 aliphatic rings. The molecule has 1 aliphatic heterocycles. The first-order chi connectivity index (χ1) is 18.4. The molecular weight excluding hydrogens is 528 g/mol. The molecule has 0 spiro atoms. The molecule has 0 radical (unpaired) electrons. The van der Waals surface area contributed by atoms with Gasteiger partial charge in [0.2, 0.25) is 11.8 Å². The molecule has 0 aromatic rings. The van der Waals surface area contributed by atoms with E-state index in [1.807, 2.05) is 0 Å². The Morgan fingerprint density at radius 1 is 0.897 bits per heavy atom. The van der Waals surface area contributed by atoms with E-state index in [2.05, 4.69) is 10.6 Å². The second kappa shape index (κ2) is 18.4. The molecule has 4 N–H and O–H groups in total. The first kappa shape index (κ1) is 34.1. The largest absolute Gasteiger partial charge is 0.463 e. The molecule has 0 aromatic heterocycles. The Bertz CT molecular complexity index is 810. The zero-order chi connectivity index (χ0) is 29.4. The monoisotopic (exact) mass is 566 g/mol. The van der Waals surface area contributed by atoms with E-state index in [1.165, 1.54) is 6.92 Å². The fourth-order valence-corrected chi connectivity index (χ4v) is 3.40. The van der Waals surface area contributed by atoms with Crippen LogP contribution in [0, 0.1) is 0 Å². The number of aliphatic hydroxyl groups is 2. The number of hydrogen-bond acceptors (Lipinski definition) is 14. The third-order valence-corrected chi connectivity index (χ3v) is 4.91. The summed E-state index contributed by atoms with van der Waals surface area (Å²) in [4.78, 5) is 59.2. The normalized spacial score (nSPS) is 23.3. The van der Waals surface area contributed by atoms with E-state index in [0.717, 1.165) is 20.8 Å². The lowest BCUT2D eigenvalue weighted by Crippen LogP contribution is -2.66. The van der Waals surface area contributed by atoms with Crippen LogP contribution in [0.1, 0.15) is 27.7 Å². The third kappa shape index (κ3) is 14.2. The van der Waals surface area contributed by atoms with E-state index in [9.17, 15) is 24.0 Å². The summed E-state index contributed by atoms with van der Waals surface area (Å²) in [5.41, 5.74) is 0. The molecule has 0 unspecified atom stereocenters. The summed E-state index contributed by atoms with van der Waals surface area (Å²) in [6.07, 6.45) is -6.05. The molecule has 16 nitrogen and oxygen atoms in total. The molecule has 0 saturated carbocycles. The van der Waals surface area contributed by atoms with Gasteiger partial charge in [-0.05, 0) is 0 Å². The van der Waals surface area contributed by atoms with Crippen LogP contribution in [-0.4, -0.2) is 129 Å². The summed E-state index contributed by atoms with van der Waals surface area (Å²) in [6, 6.07) is -1.19. The van der Waals surface area contributed by atoms with Gasteiger partial charge < -0.3 is 54.0 Å². The molecule has 1 saturated heterocycles. The van der Waals surface area contributed by atoms with Gasteiger partial charge in [0.05, 0.1) is 33.0 Å². The van der Waals surface area contributed by atoms with Crippen molar-refractivity contribution >= 4 is 29.7 Å². The lowest BCUT2D eigenvalue weighted by Gasteiger charge is -2.44. The van der Waals surface area contributed by atoms with Crippen LogP contribution in [0.2, 0.25) is 0 Å². The molecule has 2 amide bonds. The number of amides is 2. The van der Waals surface area contributed by atoms with Crippen molar-refractivity contribution < 1.29 is 67.3 Å². The Kier molecular flexibility index (Phi) is 16.1. The lowest BCUT2D eigenvalue weighted by molar-refractivity contribution is -0.276. The van der Waals surface area contributed by atoms with Crippen LogP contribution in [0.4, 0.5) is 0 Å². The molecule has 39 heavy (non-hydrogen) atoms. The van der Waals surface area contributed by atoms with E-state index < -0.39 is 86.3 Å². The number of carbonyl (C=O) groups excluding carboxylic acids is 5. The minimum absolute atomic E-state index is 0.0294. The lowest BCUT2D eigenvalue weighted by atomic mass is 9.96. The van der Waals surface area contributed by atoms with Gasteiger partial charge in [-0.1, -0.05) is 0 Å². The predicted octanol–water partition coefficient (Wildman–Crippen LogP) is -2.84. The van der Waals surface area contributed by atoms with Crippen molar-refractivity contribution in [2.75, 3.05) is 52.8 Å². The summed E-state index contributed by atoms with van der Waals surface area (Å²) in [6.45, 7) is 3.87. The SMILES string of the molecule is CC(=O)N[C@H]1[C@H](OCC(=O)NCCOCCOC[C@H](O)CO)O[C@H](COC(C)=O)[C@H](OC(C)=O)[C@@H]1OC(C)=O. The molecule has 6 atom stereocenters. The van der Waals surface area contributed by atoms with Crippen molar-refractivity contribution in [3.05, 3.63) is 0 Å². The summed E-state index contributed by atoms with van der Waals surface area (Å²) < 4.78 is 37.4. The molecule has 1 rings (SSSR count). The van der Waals surface area contributed by atoms with Gasteiger partial charge in [0.15, 0.2) is 18.5 Å². The van der Waals surface area contributed by atoms with Gasteiger partial charge in [-0.3, -0.25) is 24.0 Å². The fraction of sp³-hybridized carbons (Fsp3) is 0.783. The van der Waals surface area contributed by atoms with Gasteiger partial charge in [0.1, 0.15) is 31.5 Å². The maximum absolute atomic E-state index is 12.3. The molecule has 0 aromatic carbocycles. The quantitative estimate of drug-likeness (QED) is 0.0793. The fourth-order valence-electron chi connectivity index (χ4n) is 3.40. The highest BCUT2D eigenvalue weighted by atomic mass is 16.7. The number of aliphatic hydroxyl groups excluding tert-OH is 2. The molecule has 1 heterocycles. The van der Waals surface area contributed by atoms with Crippen molar-refractivity contribution in [3.63, 3.8) is 0 Å². The Morgan fingerprint density at radius 3 is 2.13 bits per heavy atom. The van der Waals surface area contributed by atoms with E-state index in [4.69, 9.17) is 43.4 Å². The number of nitrogens with one attached hydrogen (secondary N) is 2. The van der Waals surface area contributed by atoms with Crippen LogP contribution in [0.25, 0.3) is 0 Å². The molecule has 16 heteroatoms. The van der Waals surface area contributed by atoms with Gasteiger partial charge in [-0.2, -0.15) is 0 Å².